The molecule has 1 amide bonds. The zero-order valence-electron chi connectivity index (χ0n) is 9.69. The third-order valence-electron chi connectivity index (χ3n) is 2.25. The average molecular weight is 238 g/mol. The van der Waals surface area contributed by atoms with Crippen molar-refractivity contribution in [2.24, 2.45) is 5.73 Å². The summed E-state index contributed by atoms with van der Waals surface area (Å²) >= 11 is 1.81. The van der Waals surface area contributed by atoms with E-state index in [2.05, 4.69) is 24.4 Å². The number of carbonyl (C=O) groups is 1. The number of thioether (sulfide) groups is 1. The van der Waals surface area contributed by atoms with Gasteiger partial charge in [-0.15, -0.1) is 11.8 Å². The molecule has 4 heteroatoms. The Morgan fingerprint density at radius 2 is 2.06 bits per heavy atom. The highest BCUT2D eigenvalue weighted by atomic mass is 32.2. The first-order valence-corrected chi connectivity index (χ1v) is 6.38. The zero-order valence-corrected chi connectivity index (χ0v) is 10.5. The van der Waals surface area contributed by atoms with Crippen LogP contribution in [0.5, 0.6) is 0 Å². The van der Waals surface area contributed by atoms with Gasteiger partial charge in [-0.25, -0.2) is 0 Å². The molecule has 3 nitrogen and oxygen atoms in total. The lowest BCUT2D eigenvalue weighted by Gasteiger charge is -2.13. The van der Waals surface area contributed by atoms with Crippen molar-refractivity contribution in [1.29, 1.82) is 0 Å². The average Bonchev–Trinajstić information content (AvgIpc) is 2.30. The van der Waals surface area contributed by atoms with Gasteiger partial charge in [0.05, 0.1) is 12.6 Å². The van der Waals surface area contributed by atoms with Crippen molar-refractivity contribution < 1.29 is 4.79 Å². The van der Waals surface area contributed by atoms with E-state index in [0.29, 0.717) is 0 Å². The highest BCUT2D eigenvalue weighted by Crippen LogP contribution is 2.20. The maximum Gasteiger partial charge on any atom is 0.234 e. The number of carbonyl (C=O) groups excluding carboxylic acids is 1. The van der Waals surface area contributed by atoms with Crippen molar-refractivity contribution in [3.8, 4) is 0 Å². The lowest BCUT2D eigenvalue weighted by Crippen LogP contribution is -2.32. The molecular formula is C12H18N2OS. The van der Waals surface area contributed by atoms with Gasteiger partial charge < -0.3 is 11.1 Å². The van der Waals surface area contributed by atoms with Crippen LogP contribution in [0.3, 0.4) is 0 Å². The molecule has 3 N–H and O–H groups in total. The Morgan fingerprint density at radius 1 is 1.44 bits per heavy atom. The van der Waals surface area contributed by atoms with Crippen LogP contribution in [0.15, 0.2) is 29.2 Å². The van der Waals surface area contributed by atoms with E-state index in [1.807, 2.05) is 19.1 Å². The standard InChI is InChI=1S/C12H18N2OS/c1-3-16-11-6-4-10(5-7-11)9(2)14-12(15)8-13/h4-7,9H,3,8,13H2,1-2H3,(H,14,15). The number of rotatable bonds is 5. The molecule has 0 saturated carbocycles. The number of hydrogen-bond donors (Lipinski definition) is 2. The highest BCUT2D eigenvalue weighted by molar-refractivity contribution is 7.99. The molecular weight excluding hydrogens is 220 g/mol. The Bertz CT molecular complexity index is 337. The second-order valence-electron chi connectivity index (χ2n) is 3.50. The fourth-order valence-electron chi connectivity index (χ4n) is 1.40. The summed E-state index contributed by atoms with van der Waals surface area (Å²) in [4.78, 5) is 12.4. The number of amides is 1. The number of nitrogens with one attached hydrogen (secondary N) is 1. The Kier molecular flexibility index (Phi) is 5.35. The van der Waals surface area contributed by atoms with Gasteiger partial charge in [-0.3, -0.25) is 4.79 Å². The third kappa shape index (κ3) is 3.87. The molecule has 0 aliphatic heterocycles. The van der Waals surface area contributed by atoms with Crippen LogP contribution < -0.4 is 11.1 Å². The molecule has 0 radical (unpaired) electrons. The molecule has 1 rings (SSSR count). The maximum atomic E-state index is 11.1. The molecule has 88 valence electrons. The predicted octanol–water partition coefficient (Wildman–Crippen LogP) is 1.93. The van der Waals surface area contributed by atoms with E-state index in [-0.39, 0.29) is 18.5 Å². The van der Waals surface area contributed by atoms with E-state index in [1.54, 1.807) is 11.8 Å². The number of benzene rings is 1. The summed E-state index contributed by atoms with van der Waals surface area (Å²) in [5.74, 6) is 0.943. The number of nitrogens with two attached hydrogens (primary N) is 1. The molecule has 0 aliphatic rings. The SMILES string of the molecule is CCSc1ccc(C(C)NC(=O)CN)cc1. The molecule has 0 fully saturated rings. The summed E-state index contributed by atoms with van der Waals surface area (Å²) in [6.45, 7) is 4.12. The van der Waals surface area contributed by atoms with Crippen molar-refractivity contribution in [3.63, 3.8) is 0 Å². The first-order chi connectivity index (χ1) is 7.67. The quantitative estimate of drug-likeness (QED) is 0.771. The van der Waals surface area contributed by atoms with Crippen molar-refractivity contribution >= 4 is 17.7 Å². The Balaban J connectivity index is 2.62. The van der Waals surface area contributed by atoms with Gasteiger partial charge in [-0.2, -0.15) is 0 Å². The normalized spacial score (nSPS) is 12.2. The lowest BCUT2D eigenvalue weighted by atomic mass is 10.1. The van der Waals surface area contributed by atoms with Gasteiger partial charge in [-0.1, -0.05) is 19.1 Å². The van der Waals surface area contributed by atoms with Crippen LogP contribution in [0.4, 0.5) is 0 Å². The minimum absolute atomic E-state index is 0.0109. The van der Waals surface area contributed by atoms with Crippen molar-refractivity contribution in [3.05, 3.63) is 29.8 Å². The predicted molar refractivity (Wildman–Crippen MR) is 68.5 cm³/mol. The smallest absolute Gasteiger partial charge is 0.234 e. The second kappa shape index (κ2) is 6.55. The van der Waals surface area contributed by atoms with Gasteiger partial charge in [0.1, 0.15) is 0 Å². The highest BCUT2D eigenvalue weighted by Gasteiger charge is 2.07. The molecule has 1 unspecified atom stereocenters. The van der Waals surface area contributed by atoms with Crippen LogP contribution in [-0.4, -0.2) is 18.2 Å². The molecule has 16 heavy (non-hydrogen) atoms. The number of hydrogen-bond acceptors (Lipinski definition) is 3. The lowest BCUT2D eigenvalue weighted by molar-refractivity contribution is -0.120. The first kappa shape index (κ1) is 13.1. The first-order valence-electron chi connectivity index (χ1n) is 5.39. The minimum atomic E-state index is -0.125. The molecule has 0 saturated heterocycles. The van der Waals surface area contributed by atoms with Crippen LogP contribution in [0.1, 0.15) is 25.5 Å². The molecule has 1 aromatic carbocycles. The van der Waals surface area contributed by atoms with E-state index in [4.69, 9.17) is 5.73 Å². The molecule has 0 bridgehead atoms. The van der Waals surface area contributed by atoms with E-state index in [0.717, 1.165) is 11.3 Å². The van der Waals surface area contributed by atoms with E-state index < -0.39 is 0 Å². The molecule has 0 aliphatic carbocycles. The van der Waals surface area contributed by atoms with E-state index >= 15 is 0 Å². The molecule has 0 spiro atoms. The zero-order chi connectivity index (χ0) is 12.0. The van der Waals surface area contributed by atoms with Crippen molar-refractivity contribution in [1.82, 2.24) is 5.32 Å². The fourth-order valence-corrected chi connectivity index (χ4v) is 2.07. The van der Waals surface area contributed by atoms with Gasteiger partial charge in [-0.05, 0) is 30.4 Å². The van der Waals surface area contributed by atoms with Gasteiger partial charge in [0, 0.05) is 4.90 Å². The van der Waals surface area contributed by atoms with Gasteiger partial charge in [0.2, 0.25) is 5.91 Å². The monoisotopic (exact) mass is 238 g/mol. The Labute approximate surface area is 101 Å². The maximum absolute atomic E-state index is 11.1. The third-order valence-corrected chi connectivity index (χ3v) is 3.15. The van der Waals surface area contributed by atoms with E-state index in [1.165, 1.54) is 4.90 Å². The molecule has 0 heterocycles. The topological polar surface area (TPSA) is 55.1 Å². The Hall–Kier alpha value is -1.00. The summed E-state index contributed by atoms with van der Waals surface area (Å²) in [7, 11) is 0. The van der Waals surface area contributed by atoms with Crippen molar-refractivity contribution in [2.75, 3.05) is 12.3 Å². The van der Waals surface area contributed by atoms with Gasteiger partial charge in [0.25, 0.3) is 0 Å². The van der Waals surface area contributed by atoms with Crippen LogP contribution in [0.25, 0.3) is 0 Å². The summed E-state index contributed by atoms with van der Waals surface area (Å²) < 4.78 is 0. The van der Waals surface area contributed by atoms with Crippen LogP contribution >= 0.6 is 11.8 Å². The summed E-state index contributed by atoms with van der Waals surface area (Å²) in [6, 6.07) is 8.25. The van der Waals surface area contributed by atoms with Crippen LogP contribution in [0.2, 0.25) is 0 Å². The Morgan fingerprint density at radius 3 is 2.56 bits per heavy atom. The van der Waals surface area contributed by atoms with Gasteiger partial charge >= 0.3 is 0 Å². The van der Waals surface area contributed by atoms with Crippen molar-refractivity contribution in [2.45, 2.75) is 24.8 Å². The fraction of sp³-hybridized carbons (Fsp3) is 0.417. The summed E-state index contributed by atoms with van der Waals surface area (Å²) in [5, 5.41) is 2.83. The minimum Gasteiger partial charge on any atom is -0.348 e. The van der Waals surface area contributed by atoms with E-state index in [9.17, 15) is 4.79 Å². The summed E-state index contributed by atoms with van der Waals surface area (Å²) in [6.07, 6.45) is 0. The molecule has 1 aromatic rings. The second-order valence-corrected chi connectivity index (χ2v) is 4.83. The molecule has 0 aromatic heterocycles. The summed E-state index contributed by atoms with van der Waals surface area (Å²) in [5.41, 5.74) is 6.35. The molecule has 1 atom stereocenters. The van der Waals surface area contributed by atoms with Gasteiger partial charge in [0.15, 0.2) is 0 Å². The van der Waals surface area contributed by atoms with Crippen LogP contribution in [0, 0.1) is 0 Å². The van der Waals surface area contributed by atoms with Crippen LogP contribution in [-0.2, 0) is 4.79 Å². The largest absolute Gasteiger partial charge is 0.348 e.